The Morgan fingerprint density at radius 2 is 1.94 bits per heavy atom. The van der Waals surface area contributed by atoms with Crippen molar-refractivity contribution >= 4 is 11.6 Å². The fourth-order valence-electron chi connectivity index (χ4n) is 2.71. The SMILES string of the molecule is N#Cc1cc2c3c(c1)CCN3C(=O)CCC2. The summed E-state index contributed by atoms with van der Waals surface area (Å²) in [5.41, 5.74) is 4.17. The molecule has 1 aromatic rings. The van der Waals surface area contributed by atoms with E-state index in [1.807, 2.05) is 17.0 Å². The first kappa shape index (κ1) is 9.41. The summed E-state index contributed by atoms with van der Waals surface area (Å²) in [6.45, 7) is 0.788. The molecular formula is C13H12N2O. The highest BCUT2D eigenvalue weighted by Crippen LogP contribution is 2.36. The number of carbonyl (C=O) groups excluding carboxylic acids is 1. The molecule has 0 aliphatic carbocycles. The predicted octanol–water partition coefficient (Wildman–Crippen LogP) is 1.78. The zero-order valence-corrected chi connectivity index (χ0v) is 8.99. The minimum Gasteiger partial charge on any atom is -0.312 e. The molecule has 2 heterocycles. The number of amides is 1. The number of anilines is 1. The monoisotopic (exact) mass is 212 g/mol. The number of aryl methyl sites for hydroxylation is 1. The fraction of sp³-hybridized carbons (Fsp3) is 0.385. The average molecular weight is 212 g/mol. The Kier molecular flexibility index (Phi) is 1.97. The molecule has 3 nitrogen and oxygen atoms in total. The summed E-state index contributed by atoms with van der Waals surface area (Å²) in [6.07, 6.45) is 3.34. The van der Waals surface area contributed by atoms with Crippen molar-refractivity contribution in [2.24, 2.45) is 0 Å². The summed E-state index contributed by atoms with van der Waals surface area (Å²) in [4.78, 5) is 13.8. The van der Waals surface area contributed by atoms with E-state index in [2.05, 4.69) is 6.07 Å². The van der Waals surface area contributed by atoms with Crippen molar-refractivity contribution in [1.29, 1.82) is 5.26 Å². The van der Waals surface area contributed by atoms with E-state index >= 15 is 0 Å². The third kappa shape index (κ3) is 1.23. The highest BCUT2D eigenvalue weighted by molar-refractivity contribution is 5.97. The van der Waals surface area contributed by atoms with Gasteiger partial charge in [-0.2, -0.15) is 5.26 Å². The number of carbonyl (C=O) groups is 1. The second-order valence-electron chi connectivity index (χ2n) is 4.40. The molecule has 1 aromatic carbocycles. The molecular weight excluding hydrogens is 200 g/mol. The van der Waals surface area contributed by atoms with Gasteiger partial charge in [-0.25, -0.2) is 0 Å². The molecule has 0 bridgehead atoms. The predicted molar refractivity (Wildman–Crippen MR) is 60.2 cm³/mol. The molecule has 3 rings (SSSR count). The van der Waals surface area contributed by atoms with Crippen LogP contribution in [0.3, 0.4) is 0 Å². The first-order chi connectivity index (χ1) is 7.79. The number of hydrogen-bond donors (Lipinski definition) is 0. The Balaban J connectivity index is 2.21. The number of benzene rings is 1. The van der Waals surface area contributed by atoms with Crippen molar-refractivity contribution in [2.75, 3.05) is 11.4 Å². The van der Waals surface area contributed by atoms with Gasteiger partial charge in [-0.1, -0.05) is 0 Å². The maximum Gasteiger partial charge on any atom is 0.227 e. The fourth-order valence-corrected chi connectivity index (χ4v) is 2.71. The molecule has 80 valence electrons. The standard InChI is InChI=1S/C13H12N2O/c14-8-9-6-10-2-1-3-12(16)15-5-4-11(7-9)13(10)15/h6-7H,1-5H2. The number of hydrogen-bond acceptors (Lipinski definition) is 2. The van der Waals surface area contributed by atoms with Gasteiger partial charge in [0.2, 0.25) is 5.91 Å². The smallest absolute Gasteiger partial charge is 0.227 e. The summed E-state index contributed by atoms with van der Waals surface area (Å²) in [7, 11) is 0. The summed E-state index contributed by atoms with van der Waals surface area (Å²) < 4.78 is 0. The van der Waals surface area contributed by atoms with Crippen LogP contribution in [0.2, 0.25) is 0 Å². The van der Waals surface area contributed by atoms with Crippen LogP contribution >= 0.6 is 0 Å². The van der Waals surface area contributed by atoms with Crippen LogP contribution in [-0.2, 0) is 17.6 Å². The largest absolute Gasteiger partial charge is 0.312 e. The maximum absolute atomic E-state index is 11.9. The summed E-state index contributed by atoms with van der Waals surface area (Å²) >= 11 is 0. The van der Waals surface area contributed by atoms with Crippen LogP contribution in [0.5, 0.6) is 0 Å². The van der Waals surface area contributed by atoms with Crippen molar-refractivity contribution in [3.63, 3.8) is 0 Å². The molecule has 0 aromatic heterocycles. The quantitative estimate of drug-likeness (QED) is 0.658. The maximum atomic E-state index is 11.9. The molecule has 1 amide bonds. The lowest BCUT2D eigenvalue weighted by atomic mass is 10.0. The van der Waals surface area contributed by atoms with E-state index in [1.54, 1.807) is 0 Å². The number of nitriles is 1. The second kappa shape index (κ2) is 3.34. The third-order valence-electron chi connectivity index (χ3n) is 3.41. The highest BCUT2D eigenvalue weighted by Gasteiger charge is 2.29. The van der Waals surface area contributed by atoms with Crippen LogP contribution in [0, 0.1) is 11.3 Å². The minimum atomic E-state index is 0.238. The van der Waals surface area contributed by atoms with Gasteiger partial charge >= 0.3 is 0 Å². The first-order valence-corrected chi connectivity index (χ1v) is 5.66. The molecule has 0 N–H and O–H groups in total. The van der Waals surface area contributed by atoms with Gasteiger partial charge in [0.25, 0.3) is 0 Å². The van der Waals surface area contributed by atoms with E-state index in [-0.39, 0.29) is 5.91 Å². The number of rotatable bonds is 0. The van der Waals surface area contributed by atoms with Gasteiger partial charge in [-0.3, -0.25) is 4.79 Å². The van der Waals surface area contributed by atoms with E-state index in [0.717, 1.165) is 37.1 Å². The minimum absolute atomic E-state index is 0.238. The summed E-state index contributed by atoms with van der Waals surface area (Å²) in [6, 6.07) is 6.07. The molecule has 2 aliphatic heterocycles. The average Bonchev–Trinajstić information content (AvgIpc) is 2.65. The van der Waals surface area contributed by atoms with Gasteiger partial charge in [0, 0.05) is 13.0 Å². The number of nitrogens with zero attached hydrogens (tertiary/aromatic N) is 2. The molecule has 16 heavy (non-hydrogen) atoms. The van der Waals surface area contributed by atoms with Crippen LogP contribution < -0.4 is 4.90 Å². The lowest BCUT2D eigenvalue weighted by Crippen LogP contribution is -2.27. The first-order valence-electron chi connectivity index (χ1n) is 5.66. The Morgan fingerprint density at radius 3 is 2.69 bits per heavy atom. The van der Waals surface area contributed by atoms with Gasteiger partial charge in [0.15, 0.2) is 0 Å². The van der Waals surface area contributed by atoms with Gasteiger partial charge in [0.1, 0.15) is 0 Å². The van der Waals surface area contributed by atoms with Crippen LogP contribution in [0.15, 0.2) is 12.1 Å². The Bertz CT molecular complexity index is 513. The van der Waals surface area contributed by atoms with Gasteiger partial charge in [0.05, 0.1) is 17.3 Å². The summed E-state index contributed by atoms with van der Waals surface area (Å²) in [5, 5.41) is 8.96. The van der Waals surface area contributed by atoms with E-state index in [4.69, 9.17) is 5.26 Å². The molecule has 0 spiro atoms. The molecule has 0 saturated heterocycles. The van der Waals surface area contributed by atoms with Crippen molar-refractivity contribution < 1.29 is 4.79 Å². The lowest BCUT2D eigenvalue weighted by molar-refractivity contribution is -0.118. The van der Waals surface area contributed by atoms with Crippen LogP contribution in [-0.4, -0.2) is 12.5 Å². The molecule has 2 aliphatic rings. The molecule has 0 saturated carbocycles. The van der Waals surface area contributed by atoms with Crippen LogP contribution in [0.1, 0.15) is 29.5 Å². The zero-order valence-electron chi connectivity index (χ0n) is 8.99. The van der Waals surface area contributed by atoms with Gasteiger partial charge in [-0.15, -0.1) is 0 Å². The third-order valence-corrected chi connectivity index (χ3v) is 3.41. The zero-order chi connectivity index (χ0) is 11.1. The second-order valence-corrected chi connectivity index (χ2v) is 4.40. The molecule has 0 fully saturated rings. The van der Waals surface area contributed by atoms with E-state index in [1.165, 1.54) is 11.1 Å². The van der Waals surface area contributed by atoms with E-state index < -0.39 is 0 Å². The Morgan fingerprint density at radius 1 is 1.19 bits per heavy atom. The van der Waals surface area contributed by atoms with Crippen LogP contribution in [0.25, 0.3) is 0 Å². The van der Waals surface area contributed by atoms with Crippen molar-refractivity contribution in [1.82, 2.24) is 0 Å². The van der Waals surface area contributed by atoms with Crippen LogP contribution in [0.4, 0.5) is 5.69 Å². The van der Waals surface area contributed by atoms with Crippen molar-refractivity contribution in [3.05, 3.63) is 28.8 Å². The molecule has 3 heteroatoms. The lowest BCUT2D eigenvalue weighted by Gasteiger charge is -2.16. The Labute approximate surface area is 94.3 Å². The van der Waals surface area contributed by atoms with E-state index in [0.29, 0.717) is 6.42 Å². The molecule has 0 unspecified atom stereocenters. The van der Waals surface area contributed by atoms with Crippen molar-refractivity contribution in [2.45, 2.75) is 25.7 Å². The normalized spacial score (nSPS) is 17.9. The molecule has 0 atom stereocenters. The van der Waals surface area contributed by atoms with Gasteiger partial charge < -0.3 is 4.90 Å². The Hall–Kier alpha value is -1.82. The summed E-state index contributed by atoms with van der Waals surface area (Å²) in [5.74, 6) is 0.238. The van der Waals surface area contributed by atoms with Gasteiger partial charge in [-0.05, 0) is 42.5 Å². The molecule has 0 radical (unpaired) electrons. The van der Waals surface area contributed by atoms with Crippen molar-refractivity contribution in [3.8, 4) is 6.07 Å². The van der Waals surface area contributed by atoms with E-state index in [9.17, 15) is 4.79 Å². The topological polar surface area (TPSA) is 44.1 Å². The highest BCUT2D eigenvalue weighted by atomic mass is 16.2.